The summed E-state index contributed by atoms with van der Waals surface area (Å²) >= 11 is 0. The number of para-hydroxylation sites is 1. The van der Waals surface area contributed by atoms with Crippen molar-refractivity contribution in [3.63, 3.8) is 0 Å². The van der Waals surface area contributed by atoms with Crippen molar-refractivity contribution >= 4 is 22.8 Å². The molecule has 94 valence electrons. The van der Waals surface area contributed by atoms with Crippen LogP contribution in [-0.4, -0.2) is 21.6 Å². The normalized spacial score (nSPS) is 10.8. The van der Waals surface area contributed by atoms with Crippen molar-refractivity contribution in [1.82, 2.24) is 4.57 Å². The molecule has 0 aliphatic rings. The molecule has 0 fully saturated rings. The number of aromatic carboxylic acids is 1. The molecule has 4 heteroatoms. The lowest BCUT2D eigenvalue weighted by atomic mass is 10.1. The number of carboxylic acids is 1. The standard InChI is InChI=1S/C14H15NO3/c1-3-6-12(16)15-9(2)13(14(17)18)10-7-4-5-8-11(10)15/h4-5,7-8H,3,6H2,1-2H3,(H,17,18). The Morgan fingerprint density at radius 2 is 1.94 bits per heavy atom. The van der Waals surface area contributed by atoms with E-state index in [0.29, 0.717) is 23.0 Å². The first-order valence-electron chi connectivity index (χ1n) is 5.94. The second kappa shape index (κ2) is 4.64. The Labute approximate surface area is 105 Å². The van der Waals surface area contributed by atoms with E-state index in [1.807, 2.05) is 13.0 Å². The minimum atomic E-state index is -0.994. The second-order valence-corrected chi connectivity index (χ2v) is 4.26. The van der Waals surface area contributed by atoms with Crippen LogP contribution in [0.2, 0.25) is 0 Å². The van der Waals surface area contributed by atoms with E-state index in [-0.39, 0.29) is 11.5 Å². The third-order valence-electron chi connectivity index (χ3n) is 3.04. The quantitative estimate of drug-likeness (QED) is 0.903. The van der Waals surface area contributed by atoms with Crippen LogP contribution in [0.4, 0.5) is 0 Å². The maximum Gasteiger partial charge on any atom is 0.338 e. The molecule has 1 heterocycles. The second-order valence-electron chi connectivity index (χ2n) is 4.26. The Morgan fingerprint density at radius 1 is 1.28 bits per heavy atom. The summed E-state index contributed by atoms with van der Waals surface area (Å²) in [7, 11) is 0. The molecule has 0 radical (unpaired) electrons. The van der Waals surface area contributed by atoms with Crippen LogP contribution >= 0.6 is 0 Å². The molecule has 2 rings (SSSR count). The zero-order chi connectivity index (χ0) is 13.3. The van der Waals surface area contributed by atoms with Gasteiger partial charge in [0.05, 0.1) is 11.1 Å². The molecule has 0 saturated carbocycles. The molecular formula is C14H15NO3. The fraction of sp³-hybridized carbons (Fsp3) is 0.286. The molecule has 1 aromatic heterocycles. The maximum absolute atomic E-state index is 12.1. The summed E-state index contributed by atoms with van der Waals surface area (Å²) in [5, 5.41) is 9.88. The highest BCUT2D eigenvalue weighted by Crippen LogP contribution is 2.26. The molecule has 1 N–H and O–H groups in total. The largest absolute Gasteiger partial charge is 0.478 e. The Kier molecular flexibility index (Phi) is 3.19. The molecule has 0 aliphatic heterocycles. The lowest BCUT2D eigenvalue weighted by Crippen LogP contribution is -2.12. The molecule has 4 nitrogen and oxygen atoms in total. The number of carbonyl (C=O) groups excluding carboxylic acids is 1. The Balaban J connectivity index is 2.77. The highest BCUT2D eigenvalue weighted by molar-refractivity contribution is 6.08. The highest BCUT2D eigenvalue weighted by atomic mass is 16.4. The third kappa shape index (κ3) is 1.79. The van der Waals surface area contributed by atoms with Gasteiger partial charge in [-0.3, -0.25) is 9.36 Å². The van der Waals surface area contributed by atoms with Crippen LogP contribution in [0.1, 0.15) is 40.6 Å². The summed E-state index contributed by atoms with van der Waals surface area (Å²) in [5.41, 5.74) is 1.39. The van der Waals surface area contributed by atoms with Crippen molar-refractivity contribution in [2.45, 2.75) is 26.7 Å². The van der Waals surface area contributed by atoms with Gasteiger partial charge in [-0.15, -0.1) is 0 Å². The van der Waals surface area contributed by atoms with Gasteiger partial charge in [-0.05, 0) is 19.4 Å². The minimum absolute atomic E-state index is 0.0568. The monoisotopic (exact) mass is 245 g/mol. The lowest BCUT2D eigenvalue weighted by molar-refractivity contribution is 0.0698. The topological polar surface area (TPSA) is 59.3 Å². The van der Waals surface area contributed by atoms with Crippen LogP contribution < -0.4 is 0 Å². The number of fused-ring (bicyclic) bond motifs is 1. The fourth-order valence-electron chi connectivity index (χ4n) is 2.28. The highest BCUT2D eigenvalue weighted by Gasteiger charge is 2.21. The molecule has 0 amide bonds. The number of aromatic nitrogens is 1. The predicted octanol–water partition coefficient (Wildman–Crippen LogP) is 3.09. The molecule has 0 bridgehead atoms. The van der Waals surface area contributed by atoms with Gasteiger partial charge in [0.25, 0.3) is 0 Å². The van der Waals surface area contributed by atoms with E-state index >= 15 is 0 Å². The van der Waals surface area contributed by atoms with E-state index in [1.54, 1.807) is 25.1 Å². The van der Waals surface area contributed by atoms with E-state index in [1.165, 1.54) is 4.57 Å². The number of hydrogen-bond donors (Lipinski definition) is 1. The molecular weight excluding hydrogens is 230 g/mol. The summed E-state index contributed by atoms with van der Waals surface area (Å²) < 4.78 is 1.52. The first-order chi connectivity index (χ1) is 8.57. The van der Waals surface area contributed by atoms with Gasteiger partial charge in [0.1, 0.15) is 0 Å². The summed E-state index contributed by atoms with van der Waals surface area (Å²) in [4.78, 5) is 23.4. The SMILES string of the molecule is CCCC(=O)n1c(C)c(C(=O)O)c2ccccc21. The molecule has 18 heavy (non-hydrogen) atoms. The van der Waals surface area contributed by atoms with Crippen molar-refractivity contribution in [3.05, 3.63) is 35.5 Å². The molecule has 0 saturated heterocycles. The van der Waals surface area contributed by atoms with E-state index in [0.717, 1.165) is 6.42 Å². The van der Waals surface area contributed by atoms with Crippen molar-refractivity contribution in [2.75, 3.05) is 0 Å². The van der Waals surface area contributed by atoms with Crippen molar-refractivity contribution in [2.24, 2.45) is 0 Å². The summed E-state index contributed by atoms with van der Waals surface area (Å²) in [6.07, 6.45) is 1.16. The van der Waals surface area contributed by atoms with Gasteiger partial charge in [-0.25, -0.2) is 4.79 Å². The van der Waals surface area contributed by atoms with Gasteiger partial charge < -0.3 is 5.11 Å². The van der Waals surface area contributed by atoms with E-state index in [4.69, 9.17) is 0 Å². The number of rotatable bonds is 3. The van der Waals surface area contributed by atoms with Crippen LogP contribution in [0.15, 0.2) is 24.3 Å². The molecule has 0 spiro atoms. The van der Waals surface area contributed by atoms with Crippen LogP contribution in [0.25, 0.3) is 10.9 Å². The van der Waals surface area contributed by atoms with Crippen LogP contribution in [0, 0.1) is 6.92 Å². The van der Waals surface area contributed by atoms with Crippen LogP contribution in [0.5, 0.6) is 0 Å². The lowest BCUT2D eigenvalue weighted by Gasteiger charge is -2.05. The maximum atomic E-state index is 12.1. The molecule has 1 aromatic carbocycles. The summed E-state index contributed by atoms with van der Waals surface area (Å²) in [6.45, 7) is 3.61. The summed E-state index contributed by atoms with van der Waals surface area (Å²) in [5.74, 6) is -1.05. The first kappa shape index (κ1) is 12.4. The van der Waals surface area contributed by atoms with E-state index in [9.17, 15) is 14.7 Å². The van der Waals surface area contributed by atoms with Crippen molar-refractivity contribution < 1.29 is 14.7 Å². The average molecular weight is 245 g/mol. The van der Waals surface area contributed by atoms with Crippen molar-refractivity contribution in [3.8, 4) is 0 Å². The Hall–Kier alpha value is -2.10. The molecule has 0 aliphatic carbocycles. The van der Waals surface area contributed by atoms with Crippen molar-refractivity contribution in [1.29, 1.82) is 0 Å². The minimum Gasteiger partial charge on any atom is -0.478 e. The van der Waals surface area contributed by atoms with Gasteiger partial charge in [0.15, 0.2) is 0 Å². The Bertz CT molecular complexity index is 625. The van der Waals surface area contributed by atoms with E-state index in [2.05, 4.69) is 0 Å². The predicted molar refractivity (Wildman–Crippen MR) is 69.2 cm³/mol. The van der Waals surface area contributed by atoms with E-state index < -0.39 is 5.97 Å². The summed E-state index contributed by atoms with van der Waals surface area (Å²) in [6, 6.07) is 7.11. The van der Waals surface area contributed by atoms with Gasteiger partial charge >= 0.3 is 5.97 Å². The zero-order valence-electron chi connectivity index (χ0n) is 10.4. The van der Waals surface area contributed by atoms with Gasteiger partial charge in [-0.2, -0.15) is 0 Å². The molecule has 2 aromatic rings. The van der Waals surface area contributed by atoms with Crippen LogP contribution in [-0.2, 0) is 0 Å². The van der Waals surface area contributed by atoms with Crippen LogP contribution in [0.3, 0.4) is 0 Å². The number of carboxylic acid groups (broad SMARTS) is 1. The number of benzene rings is 1. The average Bonchev–Trinajstić information content (AvgIpc) is 2.61. The smallest absolute Gasteiger partial charge is 0.338 e. The van der Waals surface area contributed by atoms with Gasteiger partial charge in [0.2, 0.25) is 5.91 Å². The number of hydrogen-bond acceptors (Lipinski definition) is 2. The third-order valence-corrected chi connectivity index (χ3v) is 3.04. The number of nitrogens with zero attached hydrogens (tertiary/aromatic N) is 1. The fourth-order valence-corrected chi connectivity index (χ4v) is 2.28. The first-order valence-corrected chi connectivity index (χ1v) is 5.94. The number of carbonyl (C=O) groups is 2. The Morgan fingerprint density at radius 3 is 2.56 bits per heavy atom. The molecule has 0 atom stereocenters. The molecule has 0 unspecified atom stereocenters. The zero-order valence-corrected chi connectivity index (χ0v) is 10.4. The van der Waals surface area contributed by atoms with Gasteiger partial charge in [-0.1, -0.05) is 25.1 Å². The van der Waals surface area contributed by atoms with Gasteiger partial charge in [0, 0.05) is 17.5 Å².